The zero-order chi connectivity index (χ0) is 14.4. The molecule has 1 aromatic rings. The van der Waals surface area contributed by atoms with Crippen LogP contribution in [0.5, 0.6) is 0 Å². The molecular formula is C17H24N2OS. The molecular weight excluding hydrogens is 280 g/mol. The number of likely N-dealkylation sites (tertiary alicyclic amines) is 1. The fourth-order valence-corrected chi connectivity index (χ4v) is 5.74. The van der Waals surface area contributed by atoms with Crippen molar-refractivity contribution in [3.05, 3.63) is 16.1 Å². The highest BCUT2D eigenvalue weighted by molar-refractivity contribution is 7.09. The van der Waals surface area contributed by atoms with E-state index < -0.39 is 0 Å². The number of rotatable bonds is 2. The molecule has 4 unspecified atom stereocenters. The van der Waals surface area contributed by atoms with Crippen LogP contribution in [-0.4, -0.2) is 28.9 Å². The van der Waals surface area contributed by atoms with E-state index in [0.717, 1.165) is 37.3 Å². The molecule has 3 nitrogen and oxygen atoms in total. The molecule has 21 heavy (non-hydrogen) atoms. The second kappa shape index (κ2) is 5.38. The van der Waals surface area contributed by atoms with Gasteiger partial charge in [0.05, 0.1) is 10.7 Å². The van der Waals surface area contributed by atoms with Gasteiger partial charge in [0, 0.05) is 37.2 Å². The van der Waals surface area contributed by atoms with E-state index in [1.165, 1.54) is 42.8 Å². The van der Waals surface area contributed by atoms with Crippen molar-refractivity contribution in [3.63, 3.8) is 0 Å². The maximum absolute atomic E-state index is 11.6. The number of aromatic nitrogens is 1. The number of amides is 1. The van der Waals surface area contributed by atoms with Gasteiger partial charge in [-0.2, -0.15) is 0 Å². The lowest BCUT2D eigenvalue weighted by atomic mass is 9.87. The van der Waals surface area contributed by atoms with Crippen molar-refractivity contribution in [2.75, 3.05) is 13.1 Å². The van der Waals surface area contributed by atoms with Crippen molar-refractivity contribution >= 4 is 17.2 Å². The second-order valence-corrected chi connectivity index (χ2v) is 8.09. The minimum absolute atomic E-state index is 0.213. The summed E-state index contributed by atoms with van der Waals surface area (Å²) in [6.07, 6.45) is 8.00. The zero-order valence-electron chi connectivity index (χ0n) is 12.8. The van der Waals surface area contributed by atoms with Gasteiger partial charge in [0.15, 0.2) is 0 Å². The average Bonchev–Trinajstić information content (AvgIpc) is 3.23. The van der Waals surface area contributed by atoms with Crippen molar-refractivity contribution < 1.29 is 4.79 Å². The number of hydrogen-bond donors (Lipinski definition) is 0. The summed E-state index contributed by atoms with van der Waals surface area (Å²) in [6.45, 7) is 3.49. The molecule has 2 saturated carbocycles. The van der Waals surface area contributed by atoms with Gasteiger partial charge in [0.2, 0.25) is 5.91 Å². The number of carbonyl (C=O) groups excluding carboxylic acids is 1. The molecule has 4 atom stereocenters. The predicted octanol–water partition coefficient (Wildman–Crippen LogP) is 3.77. The first-order valence-electron chi connectivity index (χ1n) is 8.41. The first kappa shape index (κ1) is 13.7. The first-order chi connectivity index (χ1) is 10.2. The Morgan fingerprint density at radius 2 is 2.24 bits per heavy atom. The molecule has 1 amide bonds. The summed E-state index contributed by atoms with van der Waals surface area (Å²) in [5.41, 5.74) is 1.36. The largest absolute Gasteiger partial charge is 0.342 e. The van der Waals surface area contributed by atoms with E-state index in [1.807, 2.05) is 16.2 Å². The van der Waals surface area contributed by atoms with E-state index in [0.29, 0.717) is 5.92 Å². The van der Waals surface area contributed by atoms with E-state index in [9.17, 15) is 4.79 Å². The lowest BCUT2D eigenvalue weighted by Crippen LogP contribution is -2.37. The van der Waals surface area contributed by atoms with E-state index in [4.69, 9.17) is 4.98 Å². The number of piperidine rings is 1. The minimum Gasteiger partial charge on any atom is -0.342 e. The molecule has 1 saturated heterocycles. The molecule has 0 spiro atoms. The Hall–Kier alpha value is -0.900. The van der Waals surface area contributed by atoms with Crippen molar-refractivity contribution in [1.29, 1.82) is 0 Å². The van der Waals surface area contributed by atoms with E-state index in [2.05, 4.69) is 5.38 Å². The summed E-state index contributed by atoms with van der Waals surface area (Å²) >= 11 is 1.83. The molecule has 2 heterocycles. The molecule has 2 bridgehead atoms. The minimum atomic E-state index is 0.213. The molecule has 0 N–H and O–H groups in total. The van der Waals surface area contributed by atoms with E-state index >= 15 is 0 Å². The molecule has 4 heteroatoms. The summed E-state index contributed by atoms with van der Waals surface area (Å²) in [7, 11) is 0. The fourth-order valence-electron chi connectivity index (χ4n) is 4.73. The monoisotopic (exact) mass is 304 g/mol. The van der Waals surface area contributed by atoms with Crippen molar-refractivity contribution in [2.45, 2.75) is 57.3 Å². The highest BCUT2D eigenvalue weighted by Gasteiger charge is 2.41. The van der Waals surface area contributed by atoms with Gasteiger partial charge in [-0.05, 0) is 43.9 Å². The molecule has 1 aliphatic heterocycles. The van der Waals surface area contributed by atoms with Crippen LogP contribution >= 0.6 is 11.3 Å². The van der Waals surface area contributed by atoms with Crippen molar-refractivity contribution in [2.24, 2.45) is 11.8 Å². The topological polar surface area (TPSA) is 33.2 Å². The van der Waals surface area contributed by atoms with Crippen LogP contribution in [0, 0.1) is 11.8 Å². The van der Waals surface area contributed by atoms with Gasteiger partial charge in [-0.3, -0.25) is 4.79 Å². The average molecular weight is 304 g/mol. The van der Waals surface area contributed by atoms with Gasteiger partial charge in [0.25, 0.3) is 0 Å². The predicted molar refractivity (Wildman–Crippen MR) is 84.5 cm³/mol. The number of fused-ring (bicyclic) bond motifs is 2. The zero-order valence-corrected chi connectivity index (χ0v) is 13.6. The number of nitrogens with zero attached hydrogens (tertiary/aromatic N) is 2. The Labute approximate surface area is 130 Å². The molecule has 3 fully saturated rings. The standard InChI is InChI=1S/C17H24N2OS/c1-11(20)19-6-2-3-14(9-19)17-18-16(10-21-17)15-8-12-4-5-13(15)7-12/h10,12-15H,2-9H2,1H3. The first-order valence-corrected chi connectivity index (χ1v) is 9.29. The van der Waals surface area contributed by atoms with Crippen LogP contribution in [0.3, 0.4) is 0 Å². The Bertz CT molecular complexity index is 541. The maximum atomic E-state index is 11.6. The third-order valence-electron chi connectivity index (χ3n) is 5.87. The Kier molecular flexibility index (Phi) is 3.52. The van der Waals surface area contributed by atoms with Crippen molar-refractivity contribution in [3.8, 4) is 0 Å². The second-order valence-electron chi connectivity index (χ2n) is 7.20. The number of thiazole rings is 1. The normalized spacial score (nSPS) is 35.4. The Morgan fingerprint density at radius 3 is 2.95 bits per heavy atom. The summed E-state index contributed by atoms with van der Waals surface area (Å²) in [5.74, 6) is 3.31. The SMILES string of the molecule is CC(=O)N1CCCC(c2nc(C3CC4CCC3C4)cs2)C1. The third-order valence-corrected chi connectivity index (χ3v) is 6.90. The van der Waals surface area contributed by atoms with Crippen molar-refractivity contribution in [1.82, 2.24) is 9.88 Å². The summed E-state index contributed by atoms with van der Waals surface area (Å²) in [5, 5.41) is 3.59. The number of hydrogen-bond acceptors (Lipinski definition) is 3. The molecule has 0 radical (unpaired) electrons. The van der Waals surface area contributed by atoms with Crippen LogP contribution in [0.1, 0.15) is 68.0 Å². The summed E-state index contributed by atoms with van der Waals surface area (Å²) in [6, 6.07) is 0. The maximum Gasteiger partial charge on any atom is 0.219 e. The fraction of sp³-hybridized carbons (Fsp3) is 0.765. The van der Waals surface area contributed by atoms with Gasteiger partial charge in [-0.25, -0.2) is 4.98 Å². The lowest BCUT2D eigenvalue weighted by Gasteiger charge is -2.31. The van der Waals surface area contributed by atoms with Crippen LogP contribution in [0.25, 0.3) is 0 Å². The third kappa shape index (κ3) is 2.52. The smallest absolute Gasteiger partial charge is 0.219 e. The van der Waals surface area contributed by atoms with Gasteiger partial charge in [-0.15, -0.1) is 11.3 Å². The Balaban J connectivity index is 1.48. The van der Waals surface area contributed by atoms with Gasteiger partial charge < -0.3 is 4.90 Å². The van der Waals surface area contributed by atoms with E-state index in [1.54, 1.807) is 6.92 Å². The van der Waals surface area contributed by atoms with Crippen LogP contribution in [0.15, 0.2) is 5.38 Å². The molecule has 3 aliphatic rings. The quantitative estimate of drug-likeness (QED) is 0.833. The Morgan fingerprint density at radius 1 is 1.33 bits per heavy atom. The molecule has 0 aromatic carbocycles. The summed E-state index contributed by atoms with van der Waals surface area (Å²) < 4.78 is 0. The van der Waals surface area contributed by atoms with Crippen LogP contribution < -0.4 is 0 Å². The van der Waals surface area contributed by atoms with Gasteiger partial charge in [-0.1, -0.05) is 6.42 Å². The van der Waals surface area contributed by atoms with Crippen LogP contribution in [-0.2, 0) is 4.79 Å². The highest BCUT2D eigenvalue weighted by atomic mass is 32.1. The van der Waals surface area contributed by atoms with Gasteiger partial charge in [0.1, 0.15) is 0 Å². The molecule has 114 valence electrons. The van der Waals surface area contributed by atoms with E-state index in [-0.39, 0.29) is 5.91 Å². The van der Waals surface area contributed by atoms with Gasteiger partial charge >= 0.3 is 0 Å². The molecule has 2 aliphatic carbocycles. The number of carbonyl (C=O) groups is 1. The van der Waals surface area contributed by atoms with Crippen LogP contribution in [0.4, 0.5) is 0 Å². The van der Waals surface area contributed by atoms with Crippen LogP contribution in [0.2, 0.25) is 0 Å². The highest BCUT2D eigenvalue weighted by Crippen LogP contribution is 2.53. The molecule has 4 rings (SSSR count). The molecule has 1 aromatic heterocycles. The summed E-state index contributed by atoms with van der Waals surface area (Å²) in [4.78, 5) is 18.6. The lowest BCUT2D eigenvalue weighted by molar-refractivity contribution is -0.130.